The van der Waals surface area contributed by atoms with Gasteiger partial charge in [0.15, 0.2) is 0 Å². The van der Waals surface area contributed by atoms with Crippen LogP contribution in [0.2, 0.25) is 0 Å². The van der Waals surface area contributed by atoms with Crippen LogP contribution in [0.1, 0.15) is 43.2 Å². The summed E-state index contributed by atoms with van der Waals surface area (Å²) in [6.07, 6.45) is 6.52. The highest BCUT2D eigenvalue weighted by atomic mass is 19.1. The maximum atomic E-state index is 13.2. The van der Waals surface area contributed by atoms with Crippen molar-refractivity contribution < 1.29 is 9.18 Å². The number of nitrogens with zero attached hydrogens (tertiary/aromatic N) is 1. The number of hydrogen-bond donors (Lipinski definition) is 0. The van der Waals surface area contributed by atoms with Crippen LogP contribution in [0.5, 0.6) is 0 Å². The van der Waals surface area contributed by atoms with E-state index in [1.165, 1.54) is 25.3 Å². The molecule has 0 N–H and O–H groups in total. The van der Waals surface area contributed by atoms with Gasteiger partial charge in [-0.25, -0.2) is 4.39 Å². The van der Waals surface area contributed by atoms with E-state index in [0.717, 1.165) is 36.9 Å². The fourth-order valence-electron chi connectivity index (χ4n) is 3.32. The molecule has 2 aliphatic rings. The standard InChI is InChI=1S/C16H20FNO/c17-15-7-6-14-11-18(9-8-13(14)10-15)16(19)12-4-2-1-3-5-12/h6-7,10,12H,1-5,8-9,11H2. The summed E-state index contributed by atoms with van der Waals surface area (Å²) in [5.41, 5.74) is 2.17. The first kappa shape index (κ1) is 12.6. The molecule has 3 rings (SSSR count). The number of carbonyl (C=O) groups excluding carboxylic acids is 1. The van der Waals surface area contributed by atoms with Crippen LogP contribution in [-0.4, -0.2) is 17.4 Å². The highest BCUT2D eigenvalue weighted by Crippen LogP contribution is 2.28. The molecule has 1 aromatic rings. The van der Waals surface area contributed by atoms with Crippen molar-refractivity contribution in [3.8, 4) is 0 Å². The Morgan fingerprint density at radius 1 is 1.16 bits per heavy atom. The number of fused-ring (bicyclic) bond motifs is 1. The topological polar surface area (TPSA) is 20.3 Å². The van der Waals surface area contributed by atoms with E-state index in [9.17, 15) is 9.18 Å². The van der Waals surface area contributed by atoms with Gasteiger partial charge in [-0.3, -0.25) is 4.79 Å². The second-order valence-corrected chi connectivity index (χ2v) is 5.76. The zero-order valence-corrected chi connectivity index (χ0v) is 11.2. The molecule has 1 fully saturated rings. The summed E-state index contributed by atoms with van der Waals surface area (Å²) in [7, 11) is 0. The number of halogens is 1. The molecule has 0 saturated heterocycles. The zero-order chi connectivity index (χ0) is 13.2. The van der Waals surface area contributed by atoms with E-state index < -0.39 is 0 Å². The minimum Gasteiger partial charge on any atom is -0.338 e. The minimum atomic E-state index is -0.175. The van der Waals surface area contributed by atoms with E-state index in [0.29, 0.717) is 12.5 Å². The quantitative estimate of drug-likeness (QED) is 0.759. The molecular formula is C16H20FNO. The van der Waals surface area contributed by atoms with Crippen LogP contribution in [0.15, 0.2) is 18.2 Å². The molecule has 3 heteroatoms. The first-order valence-corrected chi connectivity index (χ1v) is 7.30. The molecule has 1 aromatic carbocycles. The Morgan fingerprint density at radius 3 is 2.74 bits per heavy atom. The van der Waals surface area contributed by atoms with Gasteiger partial charge >= 0.3 is 0 Å². The predicted octanol–water partition coefficient (Wildman–Crippen LogP) is 3.29. The number of rotatable bonds is 1. The van der Waals surface area contributed by atoms with Crippen molar-refractivity contribution in [2.45, 2.75) is 45.1 Å². The van der Waals surface area contributed by atoms with Crippen LogP contribution in [0.3, 0.4) is 0 Å². The van der Waals surface area contributed by atoms with Gasteiger partial charge in [-0.05, 0) is 42.5 Å². The Labute approximate surface area is 113 Å². The van der Waals surface area contributed by atoms with E-state index >= 15 is 0 Å². The lowest BCUT2D eigenvalue weighted by Gasteiger charge is -2.33. The minimum absolute atomic E-state index is 0.175. The molecule has 0 bridgehead atoms. The van der Waals surface area contributed by atoms with Crippen LogP contribution in [0.25, 0.3) is 0 Å². The van der Waals surface area contributed by atoms with Gasteiger partial charge in [0.25, 0.3) is 0 Å². The van der Waals surface area contributed by atoms with Crippen molar-refractivity contribution in [2.75, 3.05) is 6.54 Å². The number of benzene rings is 1. The Bertz CT molecular complexity index is 480. The molecule has 0 spiro atoms. The molecule has 1 aliphatic carbocycles. The average Bonchev–Trinajstić information content (AvgIpc) is 2.47. The third kappa shape index (κ3) is 2.65. The van der Waals surface area contributed by atoms with Crippen molar-refractivity contribution in [1.82, 2.24) is 4.90 Å². The van der Waals surface area contributed by atoms with Crippen LogP contribution >= 0.6 is 0 Å². The summed E-state index contributed by atoms with van der Waals surface area (Å²) < 4.78 is 13.2. The molecule has 19 heavy (non-hydrogen) atoms. The second-order valence-electron chi connectivity index (χ2n) is 5.76. The molecule has 102 valence electrons. The fraction of sp³-hybridized carbons (Fsp3) is 0.562. The van der Waals surface area contributed by atoms with Crippen molar-refractivity contribution >= 4 is 5.91 Å². The smallest absolute Gasteiger partial charge is 0.225 e. The van der Waals surface area contributed by atoms with Crippen LogP contribution in [0.4, 0.5) is 4.39 Å². The Morgan fingerprint density at radius 2 is 1.95 bits per heavy atom. The monoisotopic (exact) mass is 261 g/mol. The summed E-state index contributed by atoms with van der Waals surface area (Å²) in [4.78, 5) is 14.5. The van der Waals surface area contributed by atoms with Gasteiger partial charge in [0, 0.05) is 19.0 Å². The molecule has 0 aromatic heterocycles. The number of carbonyl (C=O) groups is 1. The Balaban J connectivity index is 1.71. The van der Waals surface area contributed by atoms with E-state index in [-0.39, 0.29) is 11.7 Å². The summed E-state index contributed by atoms with van der Waals surface area (Å²) in [5.74, 6) is 0.372. The second kappa shape index (κ2) is 5.32. The maximum Gasteiger partial charge on any atom is 0.225 e. The largest absolute Gasteiger partial charge is 0.338 e. The molecule has 2 nitrogen and oxygen atoms in total. The van der Waals surface area contributed by atoms with Gasteiger partial charge in [0.1, 0.15) is 5.82 Å². The van der Waals surface area contributed by atoms with Gasteiger partial charge in [0.2, 0.25) is 5.91 Å². The third-order valence-electron chi connectivity index (χ3n) is 4.45. The summed E-state index contributed by atoms with van der Waals surface area (Å²) in [6, 6.07) is 4.93. The molecule has 1 amide bonds. The normalized spacial score (nSPS) is 20.2. The van der Waals surface area contributed by atoms with E-state index in [1.807, 2.05) is 11.0 Å². The number of hydrogen-bond acceptors (Lipinski definition) is 1. The third-order valence-corrected chi connectivity index (χ3v) is 4.45. The van der Waals surface area contributed by atoms with E-state index in [1.54, 1.807) is 6.07 Å². The highest BCUT2D eigenvalue weighted by molar-refractivity contribution is 5.79. The molecule has 0 atom stereocenters. The summed E-state index contributed by atoms with van der Waals surface area (Å²) in [5, 5.41) is 0. The Hall–Kier alpha value is -1.38. The lowest BCUT2D eigenvalue weighted by molar-refractivity contribution is -0.137. The van der Waals surface area contributed by atoms with Crippen molar-refractivity contribution in [2.24, 2.45) is 5.92 Å². The van der Waals surface area contributed by atoms with E-state index in [4.69, 9.17) is 0 Å². The lowest BCUT2D eigenvalue weighted by atomic mass is 9.87. The van der Waals surface area contributed by atoms with Crippen molar-refractivity contribution in [3.63, 3.8) is 0 Å². The zero-order valence-electron chi connectivity index (χ0n) is 11.2. The SMILES string of the molecule is O=C(C1CCCCC1)N1CCc2cc(F)ccc2C1. The maximum absolute atomic E-state index is 13.2. The van der Waals surface area contributed by atoms with Gasteiger partial charge in [-0.1, -0.05) is 25.3 Å². The molecule has 0 radical (unpaired) electrons. The fourth-order valence-corrected chi connectivity index (χ4v) is 3.32. The first-order valence-electron chi connectivity index (χ1n) is 7.30. The van der Waals surface area contributed by atoms with Crippen LogP contribution in [-0.2, 0) is 17.8 Å². The van der Waals surface area contributed by atoms with Gasteiger partial charge < -0.3 is 4.90 Å². The summed E-state index contributed by atoms with van der Waals surface area (Å²) in [6.45, 7) is 1.40. The van der Waals surface area contributed by atoms with Crippen molar-refractivity contribution in [3.05, 3.63) is 35.1 Å². The van der Waals surface area contributed by atoms with Crippen molar-refractivity contribution in [1.29, 1.82) is 0 Å². The molecule has 1 saturated carbocycles. The van der Waals surface area contributed by atoms with Gasteiger partial charge in [0.05, 0.1) is 0 Å². The van der Waals surface area contributed by atoms with Gasteiger partial charge in [-0.15, -0.1) is 0 Å². The van der Waals surface area contributed by atoms with E-state index in [2.05, 4.69) is 0 Å². The molecule has 0 unspecified atom stereocenters. The first-order chi connectivity index (χ1) is 9.24. The highest BCUT2D eigenvalue weighted by Gasteiger charge is 2.28. The molecule has 1 heterocycles. The van der Waals surface area contributed by atoms with Crippen LogP contribution in [0, 0.1) is 11.7 Å². The lowest BCUT2D eigenvalue weighted by Crippen LogP contribution is -2.40. The predicted molar refractivity (Wildman–Crippen MR) is 72.1 cm³/mol. The van der Waals surface area contributed by atoms with Crippen LogP contribution < -0.4 is 0 Å². The van der Waals surface area contributed by atoms with Gasteiger partial charge in [-0.2, -0.15) is 0 Å². The Kier molecular flexibility index (Phi) is 3.54. The molecular weight excluding hydrogens is 241 g/mol. The molecule has 1 aliphatic heterocycles. The average molecular weight is 261 g/mol. The number of amides is 1. The summed E-state index contributed by atoms with van der Waals surface area (Å²) >= 11 is 0.